The summed E-state index contributed by atoms with van der Waals surface area (Å²) >= 11 is 0. The number of fused-ring (bicyclic) bond motifs is 1. The van der Waals surface area contributed by atoms with E-state index in [-0.39, 0.29) is 0 Å². The summed E-state index contributed by atoms with van der Waals surface area (Å²) < 4.78 is 11.7. The maximum atomic E-state index is 10.5. The Labute approximate surface area is 194 Å². The van der Waals surface area contributed by atoms with Crippen LogP contribution in [0.25, 0.3) is 6.08 Å². The van der Waals surface area contributed by atoms with Crippen LogP contribution in [0.4, 0.5) is 0 Å². The second-order valence-electron chi connectivity index (χ2n) is 9.37. The number of rotatable bonds is 10. The van der Waals surface area contributed by atoms with Crippen molar-refractivity contribution in [2.45, 2.75) is 85.0 Å². The minimum atomic E-state index is -0.903. The summed E-state index contributed by atoms with van der Waals surface area (Å²) in [6.45, 7) is 12.1. The second kappa shape index (κ2) is 11.5. The van der Waals surface area contributed by atoms with Gasteiger partial charge in [-0.05, 0) is 96.6 Å². The Morgan fingerprint density at radius 1 is 1.12 bits per heavy atom. The molecule has 0 amide bonds. The zero-order chi connectivity index (χ0) is 23.9. The van der Waals surface area contributed by atoms with Crippen LogP contribution in [-0.2, 0) is 0 Å². The molecule has 0 spiro atoms. The number of aryl methyl sites for hydroxylation is 1. The lowest BCUT2D eigenvalue weighted by molar-refractivity contribution is 0.0721. The Morgan fingerprint density at radius 2 is 1.84 bits per heavy atom. The molecule has 0 saturated heterocycles. The van der Waals surface area contributed by atoms with Gasteiger partial charge in [0.15, 0.2) is 0 Å². The molecule has 0 saturated carbocycles. The second-order valence-corrected chi connectivity index (χ2v) is 9.37. The first kappa shape index (κ1) is 26.0. The number of benzene rings is 1. The quantitative estimate of drug-likeness (QED) is 0.419. The van der Waals surface area contributed by atoms with Crippen molar-refractivity contribution in [2.24, 2.45) is 0 Å². The predicted octanol–water partition coefficient (Wildman–Crippen LogP) is 6.31. The Kier molecular flexibility index (Phi) is 9.35. The summed E-state index contributed by atoms with van der Waals surface area (Å²) in [6.07, 6.45) is 11.7. The molecule has 2 rings (SSSR count). The molecule has 0 aliphatic carbocycles. The highest BCUT2D eigenvalue weighted by Gasteiger charge is 2.28. The zero-order valence-electron chi connectivity index (χ0n) is 20.7. The van der Waals surface area contributed by atoms with Crippen LogP contribution in [0.15, 0.2) is 53.2 Å². The maximum absolute atomic E-state index is 10.5. The molecule has 1 heterocycles. The number of aliphatic hydroxyl groups excluding tert-OH is 2. The molecule has 1 aromatic carbocycles. The van der Waals surface area contributed by atoms with Crippen molar-refractivity contribution in [3.05, 3.63) is 64.3 Å². The number of hydrogen-bond donors (Lipinski definition) is 2. The lowest BCUT2D eigenvalue weighted by Crippen LogP contribution is -2.32. The van der Waals surface area contributed by atoms with E-state index in [2.05, 4.69) is 39.0 Å². The van der Waals surface area contributed by atoms with Gasteiger partial charge in [0.25, 0.3) is 0 Å². The number of allylic oxidation sites excluding steroid dienone is 4. The van der Waals surface area contributed by atoms with Gasteiger partial charge in [0.1, 0.15) is 29.3 Å². The van der Waals surface area contributed by atoms with Gasteiger partial charge in [0.2, 0.25) is 0 Å². The van der Waals surface area contributed by atoms with E-state index in [1.54, 1.807) is 13.2 Å². The van der Waals surface area contributed by atoms with Gasteiger partial charge in [-0.3, -0.25) is 0 Å². The molecular weight excluding hydrogens is 400 g/mol. The van der Waals surface area contributed by atoms with Crippen molar-refractivity contribution in [2.75, 3.05) is 7.11 Å². The summed E-state index contributed by atoms with van der Waals surface area (Å²) in [5, 5.41) is 21.0. The molecule has 1 aromatic rings. The maximum Gasteiger partial charge on any atom is 0.131 e. The van der Waals surface area contributed by atoms with E-state index < -0.39 is 17.8 Å². The summed E-state index contributed by atoms with van der Waals surface area (Å²) in [5.41, 5.74) is 4.80. The fraction of sp³-hybridized carbons (Fsp3) is 0.500. The van der Waals surface area contributed by atoms with Crippen LogP contribution in [0.2, 0.25) is 0 Å². The first-order chi connectivity index (χ1) is 15.0. The van der Waals surface area contributed by atoms with Crippen LogP contribution in [0, 0.1) is 6.92 Å². The van der Waals surface area contributed by atoms with Crippen LogP contribution in [0.3, 0.4) is 0 Å². The number of methoxy groups -OCH3 is 1. The van der Waals surface area contributed by atoms with Gasteiger partial charge in [0, 0.05) is 5.56 Å². The van der Waals surface area contributed by atoms with Crippen LogP contribution in [0.5, 0.6) is 11.5 Å². The van der Waals surface area contributed by atoms with Gasteiger partial charge >= 0.3 is 0 Å². The molecule has 3 unspecified atom stereocenters. The topological polar surface area (TPSA) is 58.9 Å². The van der Waals surface area contributed by atoms with Crippen LogP contribution >= 0.6 is 0 Å². The van der Waals surface area contributed by atoms with Gasteiger partial charge in [-0.25, -0.2) is 0 Å². The first-order valence-corrected chi connectivity index (χ1v) is 11.4. The first-order valence-electron chi connectivity index (χ1n) is 11.4. The van der Waals surface area contributed by atoms with Crippen LogP contribution in [0.1, 0.15) is 71.4 Å². The number of ether oxygens (including phenoxy) is 2. The summed E-state index contributed by atoms with van der Waals surface area (Å²) in [5.74, 6) is 1.71. The van der Waals surface area contributed by atoms with Gasteiger partial charge in [-0.1, -0.05) is 35.5 Å². The molecule has 4 nitrogen and oxygen atoms in total. The molecule has 1 aliphatic heterocycles. The van der Waals surface area contributed by atoms with Gasteiger partial charge in [-0.2, -0.15) is 0 Å². The number of hydrogen-bond acceptors (Lipinski definition) is 4. The van der Waals surface area contributed by atoms with Crippen molar-refractivity contribution in [3.63, 3.8) is 0 Å². The Morgan fingerprint density at radius 3 is 2.50 bits per heavy atom. The van der Waals surface area contributed by atoms with Gasteiger partial charge < -0.3 is 19.7 Å². The highest BCUT2D eigenvalue weighted by atomic mass is 16.5. The van der Waals surface area contributed by atoms with Gasteiger partial charge in [-0.15, -0.1) is 0 Å². The molecule has 4 heteroatoms. The molecular formula is C28H40O4. The van der Waals surface area contributed by atoms with E-state index in [1.165, 1.54) is 5.57 Å². The summed E-state index contributed by atoms with van der Waals surface area (Å²) in [7, 11) is 1.67. The third-order valence-corrected chi connectivity index (χ3v) is 5.91. The van der Waals surface area contributed by atoms with E-state index in [9.17, 15) is 10.2 Å². The largest absolute Gasteiger partial charge is 0.497 e. The van der Waals surface area contributed by atoms with E-state index in [0.29, 0.717) is 0 Å². The fourth-order valence-corrected chi connectivity index (χ4v) is 3.85. The standard InChI is InChI=1S/C28H40O4/c1-19(2)10-8-11-20(3)16-25(29)26(30)21(4)12-9-14-28(6)15-13-23-18-24(31-7)17-22(5)27(23)32-28/h10,12-13,15-18,25-26,29-30H,8-9,11,14H2,1-7H3. The number of aliphatic hydroxyl groups is 2. The van der Waals surface area contributed by atoms with Crippen molar-refractivity contribution >= 4 is 6.08 Å². The van der Waals surface area contributed by atoms with Crippen molar-refractivity contribution in [1.82, 2.24) is 0 Å². The summed E-state index contributed by atoms with van der Waals surface area (Å²) in [6, 6.07) is 3.96. The average Bonchev–Trinajstić information content (AvgIpc) is 2.73. The Bertz CT molecular complexity index is 902. The van der Waals surface area contributed by atoms with E-state index >= 15 is 0 Å². The third-order valence-electron chi connectivity index (χ3n) is 5.91. The summed E-state index contributed by atoms with van der Waals surface area (Å²) in [4.78, 5) is 0. The van der Waals surface area contributed by atoms with Crippen molar-refractivity contribution < 1.29 is 19.7 Å². The molecule has 32 heavy (non-hydrogen) atoms. The predicted molar refractivity (Wildman–Crippen MR) is 133 cm³/mol. The monoisotopic (exact) mass is 440 g/mol. The molecule has 2 N–H and O–H groups in total. The van der Waals surface area contributed by atoms with E-state index in [0.717, 1.165) is 59.5 Å². The molecule has 1 aliphatic rings. The van der Waals surface area contributed by atoms with Gasteiger partial charge in [0.05, 0.1) is 7.11 Å². The highest BCUT2D eigenvalue weighted by Crippen LogP contribution is 2.38. The lowest BCUT2D eigenvalue weighted by Gasteiger charge is -2.32. The highest BCUT2D eigenvalue weighted by molar-refractivity contribution is 5.65. The Hall–Kier alpha value is -2.30. The smallest absolute Gasteiger partial charge is 0.131 e. The average molecular weight is 441 g/mol. The fourth-order valence-electron chi connectivity index (χ4n) is 3.85. The molecule has 0 fully saturated rings. The van der Waals surface area contributed by atoms with Crippen LogP contribution < -0.4 is 9.47 Å². The van der Waals surface area contributed by atoms with E-state index in [4.69, 9.17) is 9.47 Å². The van der Waals surface area contributed by atoms with E-state index in [1.807, 2.05) is 39.0 Å². The SMILES string of the molecule is COc1cc(C)c2c(c1)C=CC(C)(CCC=C(C)C(O)C(O)C=C(C)CCC=C(C)C)O2. The minimum Gasteiger partial charge on any atom is -0.497 e. The Balaban J connectivity index is 1.95. The van der Waals surface area contributed by atoms with Crippen LogP contribution in [-0.4, -0.2) is 35.1 Å². The van der Waals surface area contributed by atoms with Crippen molar-refractivity contribution in [3.8, 4) is 11.5 Å². The molecule has 3 atom stereocenters. The normalized spacial score (nSPS) is 20.3. The molecule has 0 aromatic heterocycles. The molecule has 176 valence electrons. The van der Waals surface area contributed by atoms with Crippen molar-refractivity contribution in [1.29, 1.82) is 0 Å². The third kappa shape index (κ3) is 7.39. The lowest BCUT2D eigenvalue weighted by atomic mass is 9.93. The minimum absolute atomic E-state index is 0.423. The zero-order valence-corrected chi connectivity index (χ0v) is 20.7. The molecule has 0 radical (unpaired) electrons. The molecule has 0 bridgehead atoms.